The van der Waals surface area contributed by atoms with Crippen molar-refractivity contribution in [3.05, 3.63) is 29.8 Å². The molecule has 18 heavy (non-hydrogen) atoms. The largest absolute Gasteiger partial charge is 0.389 e. The van der Waals surface area contributed by atoms with Gasteiger partial charge in [0.15, 0.2) is 0 Å². The molecule has 1 aromatic rings. The summed E-state index contributed by atoms with van der Waals surface area (Å²) in [6.45, 7) is 1.98. The quantitative estimate of drug-likeness (QED) is 0.476. The average Bonchev–Trinajstić information content (AvgIpc) is 2.28. The third kappa shape index (κ3) is 6.28. The van der Waals surface area contributed by atoms with Crippen LogP contribution in [0.25, 0.3) is 0 Å². The van der Waals surface area contributed by atoms with Gasteiger partial charge in [0, 0.05) is 23.1 Å². The first-order valence-electron chi connectivity index (χ1n) is 5.63. The van der Waals surface area contributed by atoms with Crippen LogP contribution in [0.1, 0.15) is 18.4 Å². The fourth-order valence-electron chi connectivity index (χ4n) is 1.45. The number of thioether (sulfide) groups is 1. The maximum atomic E-state index is 12.1. The Labute approximate surface area is 109 Å². The minimum Gasteiger partial charge on any atom is -0.271 e. The zero-order valence-corrected chi connectivity index (χ0v) is 10.9. The van der Waals surface area contributed by atoms with E-state index in [4.69, 9.17) is 5.84 Å². The number of benzene rings is 1. The minimum atomic E-state index is -4.12. The van der Waals surface area contributed by atoms with Crippen LogP contribution in [0.15, 0.2) is 29.2 Å². The van der Waals surface area contributed by atoms with Gasteiger partial charge in [0.2, 0.25) is 0 Å². The van der Waals surface area contributed by atoms with Crippen LogP contribution >= 0.6 is 11.8 Å². The van der Waals surface area contributed by atoms with Crippen molar-refractivity contribution in [1.29, 1.82) is 0 Å². The molecule has 0 heterocycles. The zero-order valence-electron chi connectivity index (χ0n) is 10.1. The lowest BCUT2D eigenvalue weighted by molar-refractivity contribution is -0.136. The van der Waals surface area contributed by atoms with Gasteiger partial charge >= 0.3 is 6.18 Å². The van der Waals surface area contributed by atoms with Gasteiger partial charge in [-0.05, 0) is 25.5 Å². The Morgan fingerprint density at radius 2 is 2.11 bits per heavy atom. The molecular formula is C12H17F3N2S. The molecule has 1 unspecified atom stereocenters. The van der Waals surface area contributed by atoms with E-state index in [1.807, 2.05) is 31.2 Å². The predicted octanol–water partition coefficient (Wildman–Crippen LogP) is 3.26. The summed E-state index contributed by atoms with van der Waals surface area (Å²) in [7, 11) is 0. The first-order valence-corrected chi connectivity index (χ1v) is 6.61. The highest BCUT2D eigenvalue weighted by atomic mass is 32.2. The van der Waals surface area contributed by atoms with Crippen LogP contribution in [-0.2, 0) is 0 Å². The van der Waals surface area contributed by atoms with Gasteiger partial charge in [-0.1, -0.05) is 17.7 Å². The van der Waals surface area contributed by atoms with Crippen LogP contribution in [0.2, 0.25) is 0 Å². The molecule has 0 saturated heterocycles. The maximum Gasteiger partial charge on any atom is 0.389 e. The Morgan fingerprint density at radius 3 is 2.67 bits per heavy atom. The Hall–Kier alpha value is -0.720. The number of halogens is 3. The molecule has 0 aliphatic rings. The topological polar surface area (TPSA) is 38.0 Å². The second kappa shape index (κ2) is 7.01. The van der Waals surface area contributed by atoms with E-state index in [0.717, 1.165) is 10.5 Å². The molecule has 0 fully saturated rings. The Bertz CT molecular complexity index is 369. The number of aryl methyl sites for hydroxylation is 1. The lowest BCUT2D eigenvalue weighted by Crippen LogP contribution is -2.37. The lowest BCUT2D eigenvalue weighted by atomic mass is 10.2. The molecule has 6 heteroatoms. The monoisotopic (exact) mass is 278 g/mol. The molecule has 0 saturated carbocycles. The Morgan fingerprint density at radius 1 is 1.39 bits per heavy atom. The highest BCUT2D eigenvalue weighted by Crippen LogP contribution is 2.25. The van der Waals surface area contributed by atoms with Crippen molar-refractivity contribution in [2.45, 2.75) is 36.9 Å². The molecule has 0 aliphatic carbocycles. The number of hydrogen-bond donors (Lipinski definition) is 2. The van der Waals surface area contributed by atoms with Gasteiger partial charge in [0.05, 0.1) is 0 Å². The predicted molar refractivity (Wildman–Crippen MR) is 68.3 cm³/mol. The van der Waals surface area contributed by atoms with E-state index >= 15 is 0 Å². The van der Waals surface area contributed by atoms with Crippen LogP contribution in [0, 0.1) is 6.92 Å². The molecule has 102 valence electrons. The van der Waals surface area contributed by atoms with E-state index in [1.165, 1.54) is 11.8 Å². The average molecular weight is 278 g/mol. The van der Waals surface area contributed by atoms with Crippen LogP contribution < -0.4 is 11.3 Å². The summed E-state index contributed by atoms with van der Waals surface area (Å²) < 4.78 is 36.3. The molecule has 1 aromatic carbocycles. The molecular weight excluding hydrogens is 261 g/mol. The van der Waals surface area contributed by atoms with Crippen molar-refractivity contribution in [2.24, 2.45) is 5.84 Å². The molecule has 0 aromatic heterocycles. The number of nitrogens with one attached hydrogen (secondary N) is 1. The summed E-state index contributed by atoms with van der Waals surface area (Å²) in [5.74, 6) is 5.79. The molecule has 1 atom stereocenters. The first kappa shape index (κ1) is 15.3. The van der Waals surface area contributed by atoms with E-state index in [2.05, 4.69) is 5.43 Å². The van der Waals surface area contributed by atoms with Crippen LogP contribution in [0.5, 0.6) is 0 Å². The third-order valence-electron chi connectivity index (χ3n) is 2.45. The Balaban J connectivity index is 2.40. The van der Waals surface area contributed by atoms with Crippen molar-refractivity contribution >= 4 is 11.8 Å². The minimum absolute atomic E-state index is 0.00117. The Kier molecular flexibility index (Phi) is 5.98. The molecule has 3 N–H and O–H groups in total. The second-order valence-corrected chi connectivity index (χ2v) is 5.24. The van der Waals surface area contributed by atoms with Crippen molar-refractivity contribution in [2.75, 3.05) is 5.75 Å². The molecule has 0 bridgehead atoms. The van der Waals surface area contributed by atoms with E-state index < -0.39 is 12.6 Å². The summed E-state index contributed by atoms with van der Waals surface area (Å²) in [6.07, 6.45) is -4.93. The number of nitrogens with two attached hydrogens (primary N) is 1. The lowest BCUT2D eigenvalue weighted by Gasteiger charge is -2.16. The van der Waals surface area contributed by atoms with Gasteiger partial charge in [0.1, 0.15) is 0 Å². The normalized spacial score (nSPS) is 13.6. The summed E-state index contributed by atoms with van der Waals surface area (Å²) in [6, 6.07) is 7.51. The summed E-state index contributed by atoms with van der Waals surface area (Å²) >= 11 is 1.51. The van der Waals surface area contributed by atoms with Crippen molar-refractivity contribution in [3.8, 4) is 0 Å². The third-order valence-corrected chi connectivity index (χ3v) is 3.61. The number of rotatable bonds is 6. The van der Waals surface area contributed by atoms with Crippen molar-refractivity contribution in [3.63, 3.8) is 0 Å². The van der Waals surface area contributed by atoms with Crippen molar-refractivity contribution in [1.82, 2.24) is 5.43 Å². The SMILES string of the molecule is Cc1cccc(SCC(CCC(F)(F)F)NN)c1. The van der Waals surface area contributed by atoms with E-state index in [0.29, 0.717) is 5.75 Å². The summed E-state index contributed by atoms with van der Waals surface area (Å²) in [5, 5.41) is 0. The molecule has 1 rings (SSSR count). The maximum absolute atomic E-state index is 12.1. The molecule has 0 spiro atoms. The van der Waals surface area contributed by atoms with Gasteiger partial charge < -0.3 is 0 Å². The summed E-state index contributed by atoms with van der Waals surface area (Å²) in [4.78, 5) is 1.04. The second-order valence-electron chi connectivity index (χ2n) is 4.14. The van der Waals surface area contributed by atoms with Gasteiger partial charge in [-0.15, -0.1) is 11.8 Å². The van der Waals surface area contributed by atoms with Gasteiger partial charge in [-0.25, -0.2) is 0 Å². The number of hydrazine groups is 1. The highest BCUT2D eigenvalue weighted by molar-refractivity contribution is 7.99. The number of hydrogen-bond acceptors (Lipinski definition) is 3. The van der Waals surface area contributed by atoms with E-state index in [9.17, 15) is 13.2 Å². The molecule has 0 amide bonds. The zero-order chi connectivity index (χ0) is 13.6. The van der Waals surface area contributed by atoms with E-state index in [1.54, 1.807) is 0 Å². The van der Waals surface area contributed by atoms with E-state index in [-0.39, 0.29) is 12.5 Å². The van der Waals surface area contributed by atoms with Gasteiger partial charge in [-0.3, -0.25) is 11.3 Å². The fourth-order valence-corrected chi connectivity index (χ4v) is 2.56. The summed E-state index contributed by atoms with van der Waals surface area (Å²) in [5.41, 5.74) is 3.57. The molecule has 0 radical (unpaired) electrons. The first-order chi connectivity index (χ1) is 8.40. The highest BCUT2D eigenvalue weighted by Gasteiger charge is 2.28. The molecule has 2 nitrogen and oxygen atoms in total. The molecule has 0 aliphatic heterocycles. The van der Waals surface area contributed by atoms with Crippen LogP contribution in [0.4, 0.5) is 13.2 Å². The standard InChI is InChI=1S/C12H17F3N2S/c1-9-3-2-4-11(7-9)18-8-10(17-16)5-6-12(13,14)15/h2-4,7,10,17H,5-6,8,16H2,1H3. The number of alkyl halides is 3. The van der Waals surface area contributed by atoms with Crippen molar-refractivity contribution < 1.29 is 13.2 Å². The fraction of sp³-hybridized carbons (Fsp3) is 0.500. The smallest absolute Gasteiger partial charge is 0.271 e. The van der Waals surface area contributed by atoms with Gasteiger partial charge in [0.25, 0.3) is 0 Å². The van der Waals surface area contributed by atoms with Crippen LogP contribution in [-0.4, -0.2) is 18.0 Å². The van der Waals surface area contributed by atoms with Crippen LogP contribution in [0.3, 0.4) is 0 Å². The van der Waals surface area contributed by atoms with Gasteiger partial charge in [-0.2, -0.15) is 13.2 Å².